The van der Waals surface area contributed by atoms with Gasteiger partial charge in [0.1, 0.15) is 10.6 Å². The van der Waals surface area contributed by atoms with E-state index in [1.165, 1.54) is 11.8 Å². The summed E-state index contributed by atoms with van der Waals surface area (Å²) in [5.41, 5.74) is 1.88. The Morgan fingerprint density at radius 3 is 2.96 bits per heavy atom. The monoisotopic (exact) mass is 359 g/mol. The molecule has 1 unspecified atom stereocenters. The van der Waals surface area contributed by atoms with E-state index in [2.05, 4.69) is 51.0 Å². The van der Waals surface area contributed by atoms with Crippen molar-refractivity contribution in [3.8, 4) is 0 Å². The van der Waals surface area contributed by atoms with E-state index in [1.54, 1.807) is 6.20 Å². The fraction of sp³-hybridized carbons (Fsp3) is 0.143. The summed E-state index contributed by atoms with van der Waals surface area (Å²) in [5, 5.41) is 0.994. The molecular formula is C21H17N3OS. The van der Waals surface area contributed by atoms with Crippen molar-refractivity contribution in [3.63, 3.8) is 0 Å². The van der Waals surface area contributed by atoms with Crippen molar-refractivity contribution < 1.29 is 4.79 Å². The number of aromatic nitrogens is 2. The molecule has 0 bridgehead atoms. The van der Waals surface area contributed by atoms with Crippen molar-refractivity contribution in [1.82, 2.24) is 9.55 Å². The van der Waals surface area contributed by atoms with Crippen molar-refractivity contribution in [2.24, 2.45) is 0 Å². The maximum atomic E-state index is 12.6. The van der Waals surface area contributed by atoms with Crippen LogP contribution in [0.15, 0.2) is 84.2 Å². The van der Waals surface area contributed by atoms with Gasteiger partial charge in [0.05, 0.1) is 11.9 Å². The molecule has 1 spiro atoms. The quantitative estimate of drug-likeness (QED) is 0.608. The number of hydrogen-bond donors (Lipinski definition) is 0. The van der Waals surface area contributed by atoms with E-state index in [-0.39, 0.29) is 10.7 Å². The highest BCUT2D eigenvalue weighted by molar-refractivity contribution is 8.13. The van der Waals surface area contributed by atoms with Gasteiger partial charge in [-0.3, -0.25) is 14.3 Å². The first-order chi connectivity index (χ1) is 12.8. The summed E-state index contributed by atoms with van der Waals surface area (Å²) in [6.45, 7) is 0. The Hall–Kier alpha value is -2.79. The molecule has 3 aliphatic rings. The van der Waals surface area contributed by atoms with E-state index >= 15 is 0 Å². The molecule has 1 aromatic heterocycles. The Kier molecular flexibility index (Phi) is 3.50. The molecule has 5 rings (SSSR count). The zero-order chi connectivity index (χ0) is 17.6. The normalized spacial score (nSPS) is 22.0. The molecule has 3 heterocycles. The van der Waals surface area contributed by atoms with Crippen LogP contribution in [0.1, 0.15) is 12.0 Å². The molecule has 2 aliphatic heterocycles. The number of fused-ring (bicyclic) bond motifs is 3. The van der Waals surface area contributed by atoms with Crippen LogP contribution in [0, 0.1) is 0 Å². The first-order valence-corrected chi connectivity index (χ1v) is 9.46. The Balaban J connectivity index is 1.48. The number of carbonyl (C=O) groups excluding carboxylic acids is 1. The van der Waals surface area contributed by atoms with Crippen LogP contribution in [0.25, 0.3) is 5.70 Å². The number of hydrogen-bond acceptors (Lipinski definition) is 4. The molecule has 2 aromatic rings. The predicted molar refractivity (Wildman–Crippen MR) is 105 cm³/mol. The van der Waals surface area contributed by atoms with E-state index in [0.29, 0.717) is 6.42 Å². The first kappa shape index (κ1) is 15.5. The van der Waals surface area contributed by atoms with Crippen molar-refractivity contribution in [2.45, 2.75) is 23.4 Å². The van der Waals surface area contributed by atoms with Gasteiger partial charge < -0.3 is 0 Å². The number of allylic oxidation sites excluding steroid dienone is 4. The van der Waals surface area contributed by atoms with Crippen LogP contribution in [0.3, 0.4) is 0 Å². The molecule has 26 heavy (non-hydrogen) atoms. The van der Waals surface area contributed by atoms with Crippen LogP contribution in [-0.2, 0) is 11.2 Å². The minimum Gasteiger partial charge on any atom is -0.300 e. The van der Waals surface area contributed by atoms with E-state index in [9.17, 15) is 4.79 Å². The van der Waals surface area contributed by atoms with Gasteiger partial charge in [-0.2, -0.15) is 0 Å². The third-order valence-corrected chi connectivity index (χ3v) is 5.77. The Labute approximate surface area is 156 Å². The van der Waals surface area contributed by atoms with Crippen molar-refractivity contribution in [2.75, 3.05) is 4.90 Å². The molecule has 0 N–H and O–H groups in total. The lowest BCUT2D eigenvalue weighted by atomic mass is 9.88. The second-order valence-corrected chi connectivity index (χ2v) is 7.57. The average Bonchev–Trinajstić information content (AvgIpc) is 3.19. The fourth-order valence-electron chi connectivity index (χ4n) is 3.78. The van der Waals surface area contributed by atoms with E-state index in [4.69, 9.17) is 0 Å². The molecule has 1 aliphatic carbocycles. The average molecular weight is 359 g/mol. The van der Waals surface area contributed by atoms with Gasteiger partial charge in [-0.05, 0) is 35.9 Å². The molecule has 0 amide bonds. The van der Waals surface area contributed by atoms with Gasteiger partial charge in [-0.1, -0.05) is 54.6 Å². The number of rotatable bonds is 3. The van der Waals surface area contributed by atoms with Crippen LogP contribution in [0.5, 0.6) is 0 Å². The van der Waals surface area contributed by atoms with Crippen molar-refractivity contribution >= 4 is 28.5 Å². The molecule has 128 valence electrons. The number of carbonyl (C=O) groups is 1. The highest BCUT2D eigenvalue weighted by Gasteiger charge is 2.47. The molecule has 1 aromatic carbocycles. The minimum absolute atomic E-state index is 0.121. The molecule has 0 fully saturated rings. The smallest absolute Gasteiger partial charge is 0.216 e. The molecule has 0 saturated heterocycles. The molecule has 1 atom stereocenters. The second-order valence-electron chi connectivity index (χ2n) is 6.49. The van der Waals surface area contributed by atoms with E-state index in [1.807, 2.05) is 36.4 Å². The number of benzene rings is 1. The van der Waals surface area contributed by atoms with Gasteiger partial charge in [0.2, 0.25) is 5.95 Å². The van der Waals surface area contributed by atoms with Crippen LogP contribution < -0.4 is 4.90 Å². The van der Waals surface area contributed by atoms with Gasteiger partial charge in [0, 0.05) is 12.6 Å². The van der Waals surface area contributed by atoms with Crippen LogP contribution in [0.4, 0.5) is 5.95 Å². The first-order valence-electron chi connectivity index (χ1n) is 8.64. The Morgan fingerprint density at radius 1 is 1.19 bits per heavy atom. The summed E-state index contributed by atoms with van der Waals surface area (Å²) in [5.74, 6) is 0.860. The lowest BCUT2D eigenvalue weighted by molar-refractivity contribution is -0.110. The van der Waals surface area contributed by atoms with E-state index < -0.39 is 0 Å². The van der Waals surface area contributed by atoms with Gasteiger partial charge >= 0.3 is 0 Å². The van der Waals surface area contributed by atoms with Gasteiger partial charge in [0.15, 0.2) is 5.12 Å². The lowest BCUT2D eigenvalue weighted by Gasteiger charge is -2.35. The number of thioether (sulfide) groups is 1. The van der Waals surface area contributed by atoms with Gasteiger partial charge in [0.25, 0.3) is 0 Å². The van der Waals surface area contributed by atoms with Gasteiger partial charge in [-0.15, -0.1) is 0 Å². The minimum atomic E-state index is -0.311. The SMILES string of the molecule is O=C(Cc1ccccc1)Sc1cnc2n1C1=CCC=CC13C=CC=CN23. The zero-order valence-corrected chi connectivity index (χ0v) is 14.9. The summed E-state index contributed by atoms with van der Waals surface area (Å²) in [4.78, 5) is 19.4. The summed E-state index contributed by atoms with van der Waals surface area (Å²) in [7, 11) is 0. The summed E-state index contributed by atoms with van der Waals surface area (Å²) < 4.78 is 2.12. The maximum Gasteiger partial charge on any atom is 0.216 e. The van der Waals surface area contributed by atoms with Crippen LogP contribution in [-0.4, -0.2) is 20.2 Å². The molecule has 5 heteroatoms. The molecular weight excluding hydrogens is 342 g/mol. The molecule has 0 saturated carbocycles. The topological polar surface area (TPSA) is 38.1 Å². The van der Waals surface area contributed by atoms with Crippen LogP contribution >= 0.6 is 11.8 Å². The van der Waals surface area contributed by atoms with Crippen LogP contribution in [0.2, 0.25) is 0 Å². The lowest BCUT2D eigenvalue weighted by Crippen LogP contribution is -2.41. The Bertz CT molecular complexity index is 1000. The number of anilines is 1. The van der Waals surface area contributed by atoms with E-state index in [0.717, 1.165) is 28.7 Å². The second kappa shape index (κ2) is 5.88. The maximum absolute atomic E-state index is 12.6. The largest absolute Gasteiger partial charge is 0.300 e. The highest BCUT2D eigenvalue weighted by atomic mass is 32.2. The third kappa shape index (κ3) is 2.24. The number of nitrogens with zero attached hydrogens (tertiary/aromatic N) is 3. The van der Waals surface area contributed by atoms with Crippen molar-refractivity contribution in [3.05, 3.63) is 84.7 Å². The zero-order valence-electron chi connectivity index (χ0n) is 14.1. The summed E-state index contributed by atoms with van der Waals surface area (Å²) in [6, 6.07) is 9.86. The standard InChI is InChI=1S/C21H17N3OS/c25-19(14-16-8-2-1-3-9-16)26-18-15-22-20-23-13-7-6-12-21(23)11-5-4-10-17(21)24(18)20/h1-3,5-13,15H,4,14H2. The Morgan fingerprint density at radius 2 is 2.08 bits per heavy atom. The van der Waals surface area contributed by atoms with Gasteiger partial charge in [-0.25, -0.2) is 4.98 Å². The molecule has 0 radical (unpaired) electrons. The predicted octanol–water partition coefficient (Wildman–Crippen LogP) is 4.19. The highest BCUT2D eigenvalue weighted by Crippen LogP contribution is 2.49. The number of imidazole rings is 1. The summed E-state index contributed by atoms with van der Waals surface area (Å²) in [6.07, 6.45) is 18.1. The molecule has 4 nitrogen and oxygen atoms in total. The fourth-order valence-corrected chi connectivity index (χ4v) is 4.62. The summed E-state index contributed by atoms with van der Waals surface area (Å²) >= 11 is 1.27. The van der Waals surface area contributed by atoms with Crippen molar-refractivity contribution in [1.29, 1.82) is 0 Å². The third-order valence-electron chi connectivity index (χ3n) is 4.90.